The Hall–Kier alpha value is -2.13. The summed E-state index contributed by atoms with van der Waals surface area (Å²) in [7, 11) is -4.18. The highest BCUT2D eigenvalue weighted by Gasteiger charge is 2.18. The van der Waals surface area contributed by atoms with E-state index in [2.05, 4.69) is 4.98 Å². The van der Waals surface area contributed by atoms with E-state index in [1.165, 1.54) is 6.07 Å². The lowest BCUT2D eigenvalue weighted by molar-refractivity contribution is 0.281. The van der Waals surface area contributed by atoms with Gasteiger partial charge in [0.15, 0.2) is 22.5 Å². The molecule has 0 radical (unpaired) electrons. The van der Waals surface area contributed by atoms with Crippen LogP contribution in [0.3, 0.4) is 0 Å². The van der Waals surface area contributed by atoms with Gasteiger partial charge >= 0.3 is 0 Å². The van der Waals surface area contributed by atoms with Crippen molar-refractivity contribution in [1.29, 1.82) is 0 Å². The molecule has 0 unspecified atom stereocenters. The van der Waals surface area contributed by atoms with Crippen LogP contribution in [0.5, 0.6) is 0 Å². The van der Waals surface area contributed by atoms with Crippen molar-refractivity contribution in [2.75, 3.05) is 4.72 Å². The Kier molecular flexibility index (Phi) is 4.14. The molecule has 1 aromatic heterocycles. The molecule has 2 N–H and O–H groups in total. The van der Waals surface area contributed by atoms with Gasteiger partial charge in [-0.3, -0.25) is 4.72 Å². The normalized spacial score (nSPS) is 11.4. The third-order valence-corrected chi connectivity index (χ3v) is 3.79. The Labute approximate surface area is 118 Å². The van der Waals surface area contributed by atoms with Crippen molar-refractivity contribution in [1.82, 2.24) is 4.98 Å². The summed E-state index contributed by atoms with van der Waals surface area (Å²) >= 11 is 0. The van der Waals surface area contributed by atoms with E-state index in [0.29, 0.717) is 17.7 Å². The van der Waals surface area contributed by atoms with Crippen LogP contribution in [0.2, 0.25) is 0 Å². The van der Waals surface area contributed by atoms with E-state index < -0.39 is 38.2 Å². The molecule has 0 saturated carbocycles. The van der Waals surface area contributed by atoms with Crippen LogP contribution in [0.4, 0.5) is 18.9 Å². The van der Waals surface area contributed by atoms with Crippen molar-refractivity contribution < 1.29 is 26.7 Å². The molecular formula is C12H9F3N2O3S. The van der Waals surface area contributed by atoms with Gasteiger partial charge in [0.2, 0.25) is 0 Å². The van der Waals surface area contributed by atoms with Gasteiger partial charge in [0.05, 0.1) is 12.3 Å². The van der Waals surface area contributed by atoms with Crippen molar-refractivity contribution in [2.24, 2.45) is 0 Å². The quantitative estimate of drug-likeness (QED) is 0.843. The molecule has 2 aromatic rings. The fourth-order valence-electron chi connectivity index (χ4n) is 1.49. The summed E-state index contributed by atoms with van der Waals surface area (Å²) in [5.41, 5.74) is -0.0766. The average molecular weight is 318 g/mol. The number of aromatic nitrogens is 1. The van der Waals surface area contributed by atoms with E-state index in [1.807, 2.05) is 4.72 Å². The molecule has 9 heteroatoms. The maximum absolute atomic E-state index is 13.0. The minimum atomic E-state index is -4.18. The summed E-state index contributed by atoms with van der Waals surface area (Å²) in [6, 6.07) is 3.47. The smallest absolute Gasteiger partial charge is 0.279 e. The molecular weight excluding hydrogens is 309 g/mol. The van der Waals surface area contributed by atoms with Gasteiger partial charge in [-0.15, -0.1) is 0 Å². The number of rotatable bonds is 4. The summed E-state index contributed by atoms with van der Waals surface area (Å²) in [6.45, 7) is -0.310. The van der Waals surface area contributed by atoms with Crippen molar-refractivity contribution in [3.8, 4) is 0 Å². The lowest BCUT2D eigenvalue weighted by atomic mass is 10.3. The summed E-state index contributed by atoms with van der Waals surface area (Å²) in [4.78, 5) is 3.61. The minimum absolute atomic E-state index is 0.310. The predicted octanol–water partition coefficient (Wildman–Crippen LogP) is 1.79. The second-order valence-electron chi connectivity index (χ2n) is 4.02. The Morgan fingerprint density at radius 2 is 1.76 bits per heavy atom. The molecule has 0 saturated heterocycles. The molecule has 0 aliphatic heterocycles. The van der Waals surface area contributed by atoms with Crippen LogP contribution in [-0.4, -0.2) is 18.5 Å². The molecule has 1 aromatic carbocycles. The number of anilines is 1. The van der Waals surface area contributed by atoms with Gasteiger partial charge in [0.1, 0.15) is 0 Å². The Morgan fingerprint density at radius 3 is 2.24 bits per heavy atom. The Bertz CT molecular complexity index is 741. The van der Waals surface area contributed by atoms with Crippen LogP contribution in [0.1, 0.15) is 5.56 Å². The zero-order valence-corrected chi connectivity index (χ0v) is 11.2. The standard InChI is InChI=1S/C12H9F3N2O3S/c13-9-3-8(4-10(14)12(9)15)17-21(19,20)11-2-1-7(6-18)5-16-11/h1-5,17-18H,6H2. The van der Waals surface area contributed by atoms with E-state index in [4.69, 9.17) is 5.11 Å². The number of pyridine rings is 1. The van der Waals surface area contributed by atoms with Gasteiger partial charge < -0.3 is 5.11 Å². The van der Waals surface area contributed by atoms with Gasteiger partial charge in [0, 0.05) is 18.3 Å². The van der Waals surface area contributed by atoms with Crippen molar-refractivity contribution in [3.63, 3.8) is 0 Å². The molecule has 1 heterocycles. The number of nitrogens with zero attached hydrogens (tertiary/aromatic N) is 1. The number of hydrogen-bond donors (Lipinski definition) is 2. The lowest BCUT2D eigenvalue weighted by Crippen LogP contribution is -2.15. The third kappa shape index (κ3) is 3.31. The first-order valence-corrected chi connectivity index (χ1v) is 7.05. The van der Waals surface area contributed by atoms with Gasteiger partial charge in [-0.05, 0) is 11.6 Å². The van der Waals surface area contributed by atoms with Crippen molar-refractivity contribution in [3.05, 3.63) is 53.5 Å². The fourth-order valence-corrected chi connectivity index (χ4v) is 2.46. The number of aliphatic hydroxyl groups is 1. The molecule has 0 spiro atoms. The van der Waals surface area contributed by atoms with Gasteiger partial charge in [0.25, 0.3) is 10.0 Å². The molecule has 0 aliphatic carbocycles. The first-order valence-electron chi connectivity index (χ1n) is 5.56. The van der Waals surface area contributed by atoms with Crippen LogP contribution >= 0.6 is 0 Å². The zero-order valence-electron chi connectivity index (χ0n) is 10.3. The van der Waals surface area contributed by atoms with Crippen LogP contribution in [-0.2, 0) is 16.6 Å². The highest BCUT2D eigenvalue weighted by molar-refractivity contribution is 7.92. The van der Waals surface area contributed by atoms with Crippen molar-refractivity contribution >= 4 is 15.7 Å². The van der Waals surface area contributed by atoms with Gasteiger partial charge in [-0.1, -0.05) is 6.07 Å². The number of nitrogens with one attached hydrogen (secondary N) is 1. The number of hydrogen-bond acceptors (Lipinski definition) is 4. The number of halogens is 3. The van der Waals surface area contributed by atoms with E-state index in [1.54, 1.807) is 0 Å². The Balaban J connectivity index is 2.32. The largest absolute Gasteiger partial charge is 0.392 e. The number of benzene rings is 1. The zero-order chi connectivity index (χ0) is 15.6. The molecule has 0 bridgehead atoms. The van der Waals surface area contributed by atoms with Crippen molar-refractivity contribution in [2.45, 2.75) is 11.6 Å². The van der Waals surface area contributed by atoms with Crippen LogP contribution < -0.4 is 4.72 Å². The van der Waals surface area contributed by atoms with E-state index in [9.17, 15) is 21.6 Å². The topological polar surface area (TPSA) is 79.3 Å². The van der Waals surface area contributed by atoms with Gasteiger partial charge in [-0.2, -0.15) is 8.42 Å². The maximum Gasteiger partial charge on any atom is 0.279 e. The lowest BCUT2D eigenvalue weighted by Gasteiger charge is -2.08. The fraction of sp³-hybridized carbons (Fsp3) is 0.0833. The molecule has 112 valence electrons. The van der Waals surface area contributed by atoms with E-state index in [0.717, 1.165) is 12.3 Å². The molecule has 0 aliphatic rings. The van der Waals surface area contributed by atoms with Gasteiger partial charge in [-0.25, -0.2) is 18.2 Å². The number of sulfonamides is 1. The first-order chi connectivity index (χ1) is 9.83. The molecule has 0 amide bonds. The first kappa shape index (κ1) is 15.3. The number of aliphatic hydroxyl groups excluding tert-OH is 1. The predicted molar refractivity (Wildman–Crippen MR) is 67.3 cm³/mol. The third-order valence-electron chi connectivity index (χ3n) is 2.49. The highest BCUT2D eigenvalue weighted by atomic mass is 32.2. The summed E-state index contributed by atoms with van der Waals surface area (Å²) in [5.74, 6) is -4.73. The summed E-state index contributed by atoms with van der Waals surface area (Å²) in [6.07, 6.45) is 1.14. The van der Waals surface area contributed by atoms with Crippen LogP contribution in [0.15, 0.2) is 35.5 Å². The SMILES string of the molecule is O=S(=O)(Nc1cc(F)c(F)c(F)c1)c1ccc(CO)cn1. The summed E-state index contributed by atoms with van der Waals surface area (Å²) < 4.78 is 64.6. The summed E-state index contributed by atoms with van der Waals surface area (Å²) in [5, 5.41) is 8.42. The van der Waals surface area contributed by atoms with E-state index in [-0.39, 0.29) is 6.61 Å². The van der Waals surface area contributed by atoms with Crippen LogP contribution in [0, 0.1) is 17.5 Å². The second-order valence-corrected chi connectivity index (χ2v) is 5.65. The second kappa shape index (κ2) is 5.70. The van der Waals surface area contributed by atoms with E-state index >= 15 is 0 Å². The average Bonchev–Trinajstić information content (AvgIpc) is 2.44. The maximum atomic E-state index is 13.0. The molecule has 0 atom stereocenters. The monoisotopic (exact) mass is 318 g/mol. The Morgan fingerprint density at radius 1 is 1.14 bits per heavy atom. The van der Waals surface area contributed by atoms with Crippen LogP contribution in [0.25, 0.3) is 0 Å². The molecule has 0 fully saturated rings. The molecule has 21 heavy (non-hydrogen) atoms. The molecule has 5 nitrogen and oxygen atoms in total. The molecule has 2 rings (SSSR count). The highest BCUT2D eigenvalue weighted by Crippen LogP contribution is 2.20. The minimum Gasteiger partial charge on any atom is -0.392 e.